The van der Waals surface area contributed by atoms with Crippen molar-refractivity contribution >= 4 is 5.78 Å². The second-order valence-corrected chi connectivity index (χ2v) is 5.23. The average molecular weight is 267 g/mol. The normalized spacial score (nSPS) is 17.7. The van der Waals surface area contributed by atoms with E-state index in [4.69, 9.17) is 4.74 Å². The van der Waals surface area contributed by atoms with Crippen molar-refractivity contribution in [1.82, 2.24) is 4.98 Å². The summed E-state index contributed by atoms with van der Waals surface area (Å²) in [6, 6.07) is 11.7. The fraction of sp³-hybridized carbons (Fsp3) is 0.294. The second kappa shape index (κ2) is 5.08. The zero-order valence-corrected chi connectivity index (χ0v) is 11.7. The molecule has 3 heteroatoms. The Labute approximate surface area is 118 Å². The van der Waals surface area contributed by atoms with Crippen LogP contribution in [0.5, 0.6) is 5.75 Å². The van der Waals surface area contributed by atoms with E-state index < -0.39 is 0 Å². The van der Waals surface area contributed by atoms with Crippen LogP contribution in [0, 0.1) is 5.92 Å². The van der Waals surface area contributed by atoms with Gasteiger partial charge in [-0.1, -0.05) is 19.1 Å². The van der Waals surface area contributed by atoms with Gasteiger partial charge in [0.2, 0.25) is 0 Å². The molecule has 0 spiro atoms. The third-order valence-corrected chi connectivity index (χ3v) is 3.87. The number of Topliss-reactive ketones (excluding diaryl/α,β-unsaturated/α-hetero) is 1. The molecule has 1 aromatic heterocycles. The van der Waals surface area contributed by atoms with E-state index in [0.29, 0.717) is 0 Å². The van der Waals surface area contributed by atoms with Gasteiger partial charge in [0, 0.05) is 17.0 Å². The van der Waals surface area contributed by atoms with Gasteiger partial charge >= 0.3 is 0 Å². The lowest BCUT2D eigenvalue weighted by atomic mass is 9.86. The largest absolute Gasteiger partial charge is 0.497 e. The Morgan fingerprint density at radius 3 is 2.90 bits per heavy atom. The minimum Gasteiger partial charge on any atom is -0.497 e. The van der Waals surface area contributed by atoms with Gasteiger partial charge in [0.05, 0.1) is 18.5 Å². The Hall–Kier alpha value is -2.16. The predicted molar refractivity (Wildman–Crippen MR) is 78.0 cm³/mol. The Morgan fingerprint density at radius 1 is 1.25 bits per heavy atom. The van der Waals surface area contributed by atoms with Crippen molar-refractivity contribution < 1.29 is 9.53 Å². The van der Waals surface area contributed by atoms with Gasteiger partial charge in [-0.15, -0.1) is 0 Å². The molecule has 1 atom stereocenters. The van der Waals surface area contributed by atoms with Gasteiger partial charge < -0.3 is 4.74 Å². The predicted octanol–water partition coefficient (Wildman–Crippen LogP) is 3.52. The molecule has 1 heterocycles. The Morgan fingerprint density at radius 2 is 2.10 bits per heavy atom. The third kappa shape index (κ3) is 2.20. The second-order valence-electron chi connectivity index (χ2n) is 5.23. The molecule has 3 nitrogen and oxygen atoms in total. The molecule has 0 N–H and O–H groups in total. The van der Waals surface area contributed by atoms with Gasteiger partial charge in [-0.3, -0.25) is 9.78 Å². The summed E-state index contributed by atoms with van der Waals surface area (Å²) < 4.78 is 5.24. The monoisotopic (exact) mass is 267 g/mol. The lowest BCUT2D eigenvalue weighted by Crippen LogP contribution is -2.21. The van der Waals surface area contributed by atoms with Crippen LogP contribution in [-0.2, 0) is 6.42 Å². The van der Waals surface area contributed by atoms with Crippen LogP contribution in [0.1, 0.15) is 29.4 Å². The van der Waals surface area contributed by atoms with Gasteiger partial charge in [0.1, 0.15) is 5.75 Å². The molecule has 20 heavy (non-hydrogen) atoms. The summed E-state index contributed by atoms with van der Waals surface area (Å²) in [5.74, 6) is 1.15. The van der Waals surface area contributed by atoms with Crippen LogP contribution in [0.25, 0.3) is 11.3 Å². The number of hydrogen-bond acceptors (Lipinski definition) is 3. The van der Waals surface area contributed by atoms with Gasteiger partial charge in [-0.2, -0.15) is 0 Å². The smallest absolute Gasteiger partial charge is 0.167 e. The molecule has 3 rings (SSSR count). The van der Waals surface area contributed by atoms with Crippen molar-refractivity contribution in [3.8, 4) is 17.0 Å². The number of nitrogens with zero attached hydrogens (tertiary/aromatic N) is 1. The summed E-state index contributed by atoms with van der Waals surface area (Å²) in [5, 5.41) is 0. The van der Waals surface area contributed by atoms with Crippen LogP contribution in [-0.4, -0.2) is 17.9 Å². The molecule has 2 aromatic rings. The van der Waals surface area contributed by atoms with Gasteiger partial charge in [0.15, 0.2) is 5.78 Å². The summed E-state index contributed by atoms with van der Waals surface area (Å²) in [4.78, 5) is 16.8. The number of hydrogen-bond donors (Lipinski definition) is 0. The molecule has 1 aliphatic rings. The average Bonchev–Trinajstić information content (AvgIpc) is 2.51. The van der Waals surface area contributed by atoms with Crippen LogP contribution in [0.15, 0.2) is 36.4 Å². The number of carbonyl (C=O) groups is 1. The highest BCUT2D eigenvalue weighted by Crippen LogP contribution is 2.28. The zero-order chi connectivity index (χ0) is 14.1. The standard InChI is InChI=1S/C17H17NO2/c1-11-6-8-16-14(17(11)19)7-9-15(18-16)12-4-3-5-13(10-12)20-2/h3-5,7,9-11H,6,8H2,1-2H3. The molecular weight excluding hydrogens is 250 g/mol. The van der Waals surface area contributed by atoms with Crippen molar-refractivity contribution in [2.24, 2.45) is 5.92 Å². The summed E-state index contributed by atoms with van der Waals surface area (Å²) in [6.45, 7) is 1.99. The van der Waals surface area contributed by atoms with E-state index in [2.05, 4.69) is 4.98 Å². The number of ketones is 1. The fourth-order valence-corrected chi connectivity index (χ4v) is 2.61. The van der Waals surface area contributed by atoms with Gasteiger partial charge in [-0.25, -0.2) is 0 Å². The van der Waals surface area contributed by atoms with Crippen LogP contribution in [0.3, 0.4) is 0 Å². The maximum Gasteiger partial charge on any atom is 0.167 e. The molecule has 1 aliphatic carbocycles. The van der Waals surface area contributed by atoms with E-state index in [1.807, 2.05) is 43.3 Å². The lowest BCUT2D eigenvalue weighted by molar-refractivity contribution is 0.0912. The van der Waals surface area contributed by atoms with Crippen molar-refractivity contribution in [1.29, 1.82) is 0 Å². The summed E-state index contributed by atoms with van der Waals surface area (Å²) >= 11 is 0. The number of pyridine rings is 1. The summed E-state index contributed by atoms with van der Waals surface area (Å²) in [5.41, 5.74) is 3.62. The van der Waals surface area contributed by atoms with Crippen LogP contribution >= 0.6 is 0 Å². The Kier molecular flexibility index (Phi) is 3.26. The molecule has 1 aromatic carbocycles. The van der Waals surface area contributed by atoms with Crippen LogP contribution in [0.2, 0.25) is 0 Å². The molecule has 0 radical (unpaired) electrons. The summed E-state index contributed by atoms with van der Waals surface area (Å²) in [6.07, 6.45) is 1.76. The van der Waals surface area contributed by atoms with Gasteiger partial charge in [0.25, 0.3) is 0 Å². The molecule has 0 amide bonds. The topological polar surface area (TPSA) is 39.2 Å². The van der Waals surface area contributed by atoms with Gasteiger partial charge in [-0.05, 0) is 37.1 Å². The summed E-state index contributed by atoms with van der Waals surface area (Å²) in [7, 11) is 1.65. The Balaban J connectivity index is 2.02. The third-order valence-electron chi connectivity index (χ3n) is 3.87. The molecular formula is C17H17NO2. The van der Waals surface area contributed by atoms with E-state index in [0.717, 1.165) is 41.1 Å². The number of methoxy groups -OCH3 is 1. The number of fused-ring (bicyclic) bond motifs is 1. The van der Waals surface area contributed by atoms with E-state index in [-0.39, 0.29) is 11.7 Å². The highest BCUT2D eigenvalue weighted by atomic mass is 16.5. The zero-order valence-electron chi connectivity index (χ0n) is 11.7. The van der Waals surface area contributed by atoms with Crippen LogP contribution in [0.4, 0.5) is 0 Å². The fourth-order valence-electron chi connectivity index (χ4n) is 2.61. The number of ether oxygens (including phenoxy) is 1. The first-order chi connectivity index (χ1) is 9.69. The number of rotatable bonds is 2. The first kappa shape index (κ1) is 12.9. The first-order valence-corrected chi connectivity index (χ1v) is 6.87. The number of benzene rings is 1. The lowest BCUT2D eigenvalue weighted by Gasteiger charge is -2.19. The van der Waals surface area contributed by atoms with E-state index in [1.54, 1.807) is 7.11 Å². The van der Waals surface area contributed by atoms with Crippen LogP contribution < -0.4 is 4.74 Å². The quantitative estimate of drug-likeness (QED) is 0.835. The molecule has 0 saturated heterocycles. The van der Waals surface area contributed by atoms with E-state index in [1.165, 1.54) is 0 Å². The maximum atomic E-state index is 12.1. The molecule has 0 fully saturated rings. The van der Waals surface area contributed by atoms with Crippen molar-refractivity contribution in [2.75, 3.05) is 7.11 Å². The number of aromatic nitrogens is 1. The van der Waals surface area contributed by atoms with Crippen molar-refractivity contribution in [3.05, 3.63) is 47.7 Å². The Bertz CT molecular complexity index is 664. The highest BCUT2D eigenvalue weighted by Gasteiger charge is 2.25. The number of aryl methyl sites for hydroxylation is 1. The molecule has 0 saturated carbocycles. The molecule has 1 unspecified atom stereocenters. The first-order valence-electron chi connectivity index (χ1n) is 6.87. The van der Waals surface area contributed by atoms with Crippen molar-refractivity contribution in [3.63, 3.8) is 0 Å². The number of carbonyl (C=O) groups excluding carboxylic acids is 1. The SMILES string of the molecule is COc1cccc(-c2ccc3c(n2)CCC(C)C3=O)c1. The maximum absolute atomic E-state index is 12.1. The highest BCUT2D eigenvalue weighted by molar-refractivity contribution is 5.99. The van der Waals surface area contributed by atoms with E-state index >= 15 is 0 Å². The van der Waals surface area contributed by atoms with Crippen molar-refractivity contribution in [2.45, 2.75) is 19.8 Å². The minimum atomic E-state index is 0.118. The molecule has 0 bridgehead atoms. The minimum absolute atomic E-state index is 0.118. The van der Waals surface area contributed by atoms with E-state index in [9.17, 15) is 4.79 Å². The molecule has 0 aliphatic heterocycles. The molecule has 102 valence electrons.